The van der Waals surface area contributed by atoms with Gasteiger partial charge in [-0.1, -0.05) is 23.8 Å². The quantitative estimate of drug-likeness (QED) is 0.756. The molecular weight excluding hydrogens is 334 g/mol. The third-order valence-electron chi connectivity index (χ3n) is 3.33. The number of amides is 1. The molecular formula is C16H14BrNOS. The lowest BCUT2D eigenvalue weighted by molar-refractivity contribution is 0.0987. The van der Waals surface area contributed by atoms with Crippen molar-refractivity contribution in [2.24, 2.45) is 0 Å². The summed E-state index contributed by atoms with van der Waals surface area (Å²) >= 11 is 5.29. The fraction of sp³-hybridized carbons (Fsp3) is 0.188. The standard InChI is InChI=1S/C16H14BrNOS/c1-11-6-7-13(17)12(10-11)16(19)18-8-9-20-15-5-3-2-4-14(15)18/h2-7,10H,8-9H2,1H3. The fourth-order valence-corrected chi connectivity index (χ4v) is 3.74. The van der Waals surface area contributed by atoms with E-state index in [-0.39, 0.29) is 5.91 Å². The average molecular weight is 348 g/mol. The number of para-hydroxylation sites is 1. The molecule has 1 aliphatic heterocycles. The van der Waals surface area contributed by atoms with Gasteiger partial charge in [-0.3, -0.25) is 4.79 Å². The van der Waals surface area contributed by atoms with Gasteiger partial charge in [0.1, 0.15) is 0 Å². The Labute approximate surface area is 131 Å². The van der Waals surface area contributed by atoms with Crippen LogP contribution >= 0.6 is 27.7 Å². The molecule has 2 aromatic rings. The molecule has 0 aromatic heterocycles. The zero-order chi connectivity index (χ0) is 14.1. The minimum absolute atomic E-state index is 0.0633. The normalized spacial score (nSPS) is 14.0. The lowest BCUT2D eigenvalue weighted by Crippen LogP contribution is -2.35. The molecule has 1 aliphatic rings. The van der Waals surface area contributed by atoms with E-state index in [4.69, 9.17) is 0 Å². The number of fused-ring (bicyclic) bond motifs is 1. The number of anilines is 1. The van der Waals surface area contributed by atoms with Gasteiger partial charge in [-0.05, 0) is 47.1 Å². The molecule has 1 heterocycles. The minimum Gasteiger partial charge on any atom is -0.306 e. The summed E-state index contributed by atoms with van der Waals surface area (Å²) in [5, 5.41) is 0. The molecule has 1 amide bonds. The van der Waals surface area contributed by atoms with Crippen LogP contribution < -0.4 is 4.90 Å². The maximum absolute atomic E-state index is 12.8. The van der Waals surface area contributed by atoms with Gasteiger partial charge in [0.25, 0.3) is 5.91 Å². The predicted molar refractivity (Wildman–Crippen MR) is 87.7 cm³/mol. The molecule has 0 bridgehead atoms. The van der Waals surface area contributed by atoms with Gasteiger partial charge < -0.3 is 4.90 Å². The Hall–Kier alpha value is -1.26. The second-order valence-corrected chi connectivity index (χ2v) is 6.75. The average Bonchev–Trinajstić information content (AvgIpc) is 2.48. The van der Waals surface area contributed by atoms with Crippen molar-refractivity contribution in [3.63, 3.8) is 0 Å². The molecule has 0 saturated carbocycles. The van der Waals surface area contributed by atoms with Crippen molar-refractivity contribution >= 4 is 39.3 Å². The molecule has 0 atom stereocenters. The number of aryl methyl sites for hydroxylation is 1. The fourth-order valence-electron chi connectivity index (χ4n) is 2.33. The van der Waals surface area contributed by atoms with Crippen molar-refractivity contribution in [2.45, 2.75) is 11.8 Å². The Morgan fingerprint density at radius 3 is 2.90 bits per heavy atom. The SMILES string of the molecule is Cc1ccc(Br)c(C(=O)N2CCSc3ccccc32)c1. The van der Waals surface area contributed by atoms with E-state index in [0.29, 0.717) is 0 Å². The largest absolute Gasteiger partial charge is 0.306 e. The molecule has 4 heteroatoms. The van der Waals surface area contributed by atoms with Gasteiger partial charge in [-0.2, -0.15) is 0 Å². The molecule has 0 saturated heterocycles. The second-order valence-electron chi connectivity index (χ2n) is 4.76. The Bertz CT molecular complexity index is 671. The Balaban J connectivity index is 2.02. The van der Waals surface area contributed by atoms with Crippen molar-refractivity contribution in [3.05, 3.63) is 58.1 Å². The number of halogens is 1. The summed E-state index contributed by atoms with van der Waals surface area (Å²) in [6, 6.07) is 14.0. The summed E-state index contributed by atoms with van der Waals surface area (Å²) in [5.74, 6) is 1.000. The first-order valence-corrected chi connectivity index (χ1v) is 8.24. The van der Waals surface area contributed by atoms with E-state index in [1.807, 2.05) is 48.2 Å². The summed E-state index contributed by atoms with van der Waals surface area (Å²) in [6.45, 7) is 2.75. The van der Waals surface area contributed by atoms with Crippen LogP contribution in [0.5, 0.6) is 0 Å². The molecule has 0 N–H and O–H groups in total. The molecule has 0 aliphatic carbocycles. The van der Waals surface area contributed by atoms with Crippen LogP contribution in [0.25, 0.3) is 0 Å². The second kappa shape index (κ2) is 5.62. The molecule has 0 radical (unpaired) electrons. The number of benzene rings is 2. The topological polar surface area (TPSA) is 20.3 Å². The van der Waals surface area contributed by atoms with Crippen LogP contribution in [0.3, 0.4) is 0 Å². The van der Waals surface area contributed by atoms with Gasteiger partial charge in [0, 0.05) is 21.7 Å². The van der Waals surface area contributed by atoms with Crippen molar-refractivity contribution < 1.29 is 4.79 Å². The van der Waals surface area contributed by atoms with Crippen LogP contribution in [-0.4, -0.2) is 18.2 Å². The third kappa shape index (κ3) is 2.50. The van der Waals surface area contributed by atoms with Gasteiger partial charge >= 0.3 is 0 Å². The maximum atomic E-state index is 12.8. The molecule has 0 unspecified atom stereocenters. The number of hydrogen-bond acceptors (Lipinski definition) is 2. The first-order valence-electron chi connectivity index (χ1n) is 6.46. The van der Waals surface area contributed by atoms with E-state index in [0.717, 1.165) is 33.6 Å². The van der Waals surface area contributed by atoms with Crippen LogP contribution in [0, 0.1) is 6.92 Å². The molecule has 0 fully saturated rings. The number of rotatable bonds is 1. The monoisotopic (exact) mass is 347 g/mol. The lowest BCUT2D eigenvalue weighted by atomic mass is 10.1. The van der Waals surface area contributed by atoms with Crippen LogP contribution in [0.15, 0.2) is 51.8 Å². The summed E-state index contributed by atoms with van der Waals surface area (Å²) in [5.41, 5.74) is 2.84. The van der Waals surface area contributed by atoms with Gasteiger partial charge in [0.2, 0.25) is 0 Å². The molecule has 20 heavy (non-hydrogen) atoms. The number of carbonyl (C=O) groups is 1. The lowest BCUT2D eigenvalue weighted by Gasteiger charge is -2.29. The molecule has 2 nitrogen and oxygen atoms in total. The number of hydrogen-bond donors (Lipinski definition) is 0. The third-order valence-corrected chi connectivity index (χ3v) is 5.06. The summed E-state index contributed by atoms with van der Waals surface area (Å²) in [6.07, 6.45) is 0. The number of carbonyl (C=O) groups excluding carboxylic acids is 1. The highest BCUT2D eigenvalue weighted by molar-refractivity contribution is 9.10. The van der Waals surface area contributed by atoms with Gasteiger partial charge in [-0.15, -0.1) is 11.8 Å². The first kappa shape index (κ1) is 13.7. The predicted octanol–water partition coefficient (Wildman–Crippen LogP) is 4.51. The van der Waals surface area contributed by atoms with E-state index in [2.05, 4.69) is 22.0 Å². The molecule has 3 rings (SSSR count). The van der Waals surface area contributed by atoms with E-state index < -0.39 is 0 Å². The van der Waals surface area contributed by atoms with E-state index in [1.165, 1.54) is 4.90 Å². The van der Waals surface area contributed by atoms with Gasteiger partial charge in [0.15, 0.2) is 0 Å². The highest BCUT2D eigenvalue weighted by atomic mass is 79.9. The smallest absolute Gasteiger partial charge is 0.259 e. The van der Waals surface area contributed by atoms with E-state index in [9.17, 15) is 4.79 Å². The summed E-state index contributed by atoms with van der Waals surface area (Å²) < 4.78 is 0.851. The van der Waals surface area contributed by atoms with Gasteiger partial charge in [0.05, 0.1) is 11.3 Å². The van der Waals surface area contributed by atoms with Crippen LogP contribution in [0.2, 0.25) is 0 Å². The molecule has 2 aromatic carbocycles. The Kier molecular flexibility index (Phi) is 3.85. The summed E-state index contributed by atoms with van der Waals surface area (Å²) in [7, 11) is 0. The van der Waals surface area contributed by atoms with Crippen LogP contribution in [-0.2, 0) is 0 Å². The van der Waals surface area contributed by atoms with E-state index >= 15 is 0 Å². The number of nitrogens with zero attached hydrogens (tertiary/aromatic N) is 1. The highest BCUT2D eigenvalue weighted by Crippen LogP contribution is 2.35. The maximum Gasteiger partial charge on any atom is 0.259 e. The molecule has 0 spiro atoms. The highest BCUT2D eigenvalue weighted by Gasteiger charge is 2.24. The van der Waals surface area contributed by atoms with Crippen LogP contribution in [0.1, 0.15) is 15.9 Å². The number of thioether (sulfide) groups is 1. The Morgan fingerprint density at radius 2 is 2.05 bits per heavy atom. The minimum atomic E-state index is 0.0633. The zero-order valence-corrected chi connectivity index (χ0v) is 13.5. The zero-order valence-electron chi connectivity index (χ0n) is 11.1. The van der Waals surface area contributed by atoms with Crippen LogP contribution in [0.4, 0.5) is 5.69 Å². The summed E-state index contributed by atoms with van der Waals surface area (Å²) in [4.78, 5) is 15.9. The first-order chi connectivity index (χ1) is 9.66. The van der Waals surface area contributed by atoms with E-state index in [1.54, 1.807) is 11.8 Å². The molecule has 102 valence electrons. The van der Waals surface area contributed by atoms with Crippen molar-refractivity contribution in [2.75, 3.05) is 17.2 Å². The Morgan fingerprint density at radius 1 is 1.25 bits per heavy atom. The van der Waals surface area contributed by atoms with Crippen molar-refractivity contribution in [1.82, 2.24) is 0 Å². The van der Waals surface area contributed by atoms with Crippen molar-refractivity contribution in [1.29, 1.82) is 0 Å². The van der Waals surface area contributed by atoms with Gasteiger partial charge in [-0.25, -0.2) is 0 Å². The van der Waals surface area contributed by atoms with Crippen molar-refractivity contribution in [3.8, 4) is 0 Å².